The fourth-order valence-electron chi connectivity index (χ4n) is 3.42. The van der Waals surface area contributed by atoms with E-state index >= 15 is 0 Å². The van der Waals surface area contributed by atoms with Crippen LogP contribution in [0.25, 0.3) is 21.9 Å². The van der Waals surface area contributed by atoms with Crippen molar-refractivity contribution in [2.45, 2.75) is 32.8 Å². The van der Waals surface area contributed by atoms with Crippen LogP contribution in [-0.2, 0) is 9.53 Å². The van der Waals surface area contributed by atoms with Gasteiger partial charge < -0.3 is 18.3 Å². The predicted octanol–water partition coefficient (Wildman–Crippen LogP) is 4.21. The molecule has 2 unspecified atom stereocenters. The van der Waals surface area contributed by atoms with Crippen molar-refractivity contribution in [3.05, 3.63) is 52.6 Å². The summed E-state index contributed by atoms with van der Waals surface area (Å²) in [6, 6.07) is 6.58. The maximum Gasteiger partial charge on any atom is 0.336 e. The molecule has 0 bridgehead atoms. The third-order valence-electron chi connectivity index (χ3n) is 4.82. The Morgan fingerprint density at radius 1 is 1.22 bits per heavy atom. The van der Waals surface area contributed by atoms with Gasteiger partial charge in [-0.15, -0.1) is 0 Å². The number of furan rings is 1. The number of fused-ring (bicyclic) bond motifs is 2. The second kappa shape index (κ2) is 6.95. The van der Waals surface area contributed by atoms with Crippen molar-refractivity contribution in [2.75, 3.05) is 6.61 Å². The summed E-state index contributed by atoms with van der Waals surface area (Å²) in [6.07, 6.45) is 4.94. The molecular formula is C21H20O6. The van der Waals surface area contributed by atoms with E-state index in [-0.39, 0.29) is 18.0 Å². The van der Waals surface area contributed by atoms with Gasteiger partial charge in [0.1, 0.15) is 29.6 Å². The molecule has 2 aromatic heterocycles. The van der Waals surface area contributed by atoms with Crippen LogP contribution in [0.1, 0.15) is 26.7 Å². The molecule has 0 spiro atoms. The van der Waals surface area contributed by atoms with Crippen molar-refractivity contribution in [1.82, 2.24) is 0 Å². The van der Waals surface area contributed by atoms with Crippen LogP contribution >= 0.6 is 0 Å². The second-order valence-electron chi connectivity index (χ2n) is 6.97. The summed E-state index contributed by atoms with van der Waals surface area (Å²) in [5.74, 6) is 0.465. The molecule has 0 radical (unpaired) electrons. The minimum absolute atomic E-state index is 0.0289. The van der Waals surface area contributed by atoms with Crippen LogP contribution in [0.2, 0.25) is 0 Å². The molecule has 1 aromatic carbocycles. The molecule has 1 saturated heterocycles. The summed E-state index contributed by atoms with van der Waals surface area (Å²) in [7, 11) is 0. The molecule has 1 aliphatic rings. The maximum atomic E-state index is 11.5. The van der Waals surface area contributed by atoms with Crippen LogP contribution < -0.4 is 10.4 Å². The number of esters is 1. The summed E-state index contributed by atoms with van der Waals surface area (Å²) in [4.78, 5) is 23.0. The van der Waals surface area contributed by atoms with E-state index in [2.05, 4.69) is 0 Å². The van der Waals surface area contributed by atoms with Gasteiger partial charge in [0.05, 0.1) is 23.0 Å². The van der Waals surface area contributed by atoms with Gasteiger partial charge in [-0.25, -0.2) is 4.79 Å². The van der Waals surface area contributed by atoms with Gasteiger partial charge in [0.2, 0.25) is 0 Å². The summed E-state index contributed by atoms with van der Waals surface area (Å²) in [5.41, 5.74) is 1.69. The van der Waals surface area contributed by atoms with E-state index in [1.807, 2.05) is 26.0 Å². The van der Waals surface area contributed by atoms with E-state index in [0.717, 1.165) is 17.4 Å². The molecule has 2 atom stereocenters. The largest absolute Gasteiger partial charge is 0.488 e. The molecule has 27 heavy (non-hydrogen) atoms. The monoisotopic (exact) mass is 368 g/mol. The SMILES string of the molecule is CC(=CCOc1c2ccoc2cc2oc(=O)ccc12)CC1CC(C)C(=O)O1. The van der Waals surface area contributed by atoms with Crippen molar-refractivity contribution in [1.29, 1.82) is 0 Å². The zero-order valence-corrected chi connectivity index (χ0v) is 15.2. The highest BCUT2D eigenvalue weighted by Gasteiger charge is 2.30. The Morgan fingerprint density at radius 2 is 2.04 bits per heavy atom. The van der Waals surface area contributed by atoms with Crippen LogP contribution in [0.15, 0.2) is 55.8 Å². The smallest absolute Gasteiger partial charge is 0.336 e. The van der Waals surface area contributed by atoms with Gasteiger partial charge in [-0.05, 0) is 31.6 Å². The third kappa shape index (κ3) is 3.47. The molecule has 0 saturated carbocycles. The second-order valence-corrected chi connectivity index (χ2v) is 6.97. The molecule has 140 valence electrons. The van der Waals surface area contributed by atoms with Gasteiger partial charge in [0.15, 0.2) is 0 Å². The lowest BCUT2D eigenvalue weighted by Crippen LogP contribution is -2.07. The molecule has 1 aliphatic heterocycles. The first-order chi connectivity index (χ1) is 13.0. The lowest BCUT2D eigenvalue weighted by atomic mass is 10.0. The molecule has 0 N–H and O–H groups in total. The molecular weight excluding hydrogens is 348 g/mol. The average molecular weight is 368 g/mol. The first-order valence-corrected chi connectivity index (χ1v) is 8.94. The Hall–Kier alpha value is -3.02. The lowest BCUT2D eigenvalue weighted by molar-refractivity contribution is -0.143. The number of ether oxygens (including phenoxy) is 2. The van der Waals surface area contributed by atoms with E-state index < -0.39 is 5.63 Å². The minimum Gasteiger partial charge on any atom is -0.488 e. The summed E-state index contributed by atoms with van der Waals surface area (Å²) in [6.45, 7) is 4.23. The zero-order chi connectivity index (χ0) is 19.0. The first kappa shape index (κ1) is 17.4. The van der Waals surface area contributed by atoms with Crippen LogP contribution in [0.4, 0.5) is 0 Å². The van der Waals surface area contributed by atoms with Gasteiger partial charge >= 0.3 is 11.6 Å². The Bertz CT molecular complexity index is 1090. The van der Waals surface area contributed by atoms with Crippen LogP contribution in [0.3, 0.4) is 0 Å². The van der Waals surface area contributed by atoms with E-state index in [1.54, 1.807) is 18.4 Å². The maximum absolute atomic E-state index is 11.5. The summed E-state index contributed by atoms with van der Waals surface area (Å²) < 4.78 is 22.0. The molecule has 3 heterocycles. The highest BCUT2D eigenvalue weighted by atomic mass is 16.6. The van der Waals surface area contributed by atoms with Crippen LogP contribution in [-0.4, -0.2) is 18.7 Å². The average Bonchev–Trinajstić information content (AvgIpc) is 3.20. The Labute approximate surface area is 155 Å². The van der Waals surface area contributed by atoms with Crippen molar-refractivity contribution in [2.24, 2.45) is 5.92 Å². The van der Waals surface area contributed by atoms with Gasteiger partial charge in [-0.3, -0.25) is 4.79 Å². The molecule has 6 heteroatoms. The van der Waals surface area contributed by atoms with E-state index in [1.165, 1.54) is 6.07 Å². The van der Waals surface area contributed by atoms with Gasteiger partial charge in [-0.1, -0.05) is 12.5 Å². The topological polar surface area (TPSA) is 78.9 Å². The Kier molecular flexibility index (Phi) is 4.48. The number of cyclic esters (lactones) is 1. The zero-order valence-electron chi connectivity index (χ0n) is 15.2. The molecule has 3 aromatic rings. The summed E-state index contributed by atoms with van der Waals surface area (Å²) in [5, 5.41) is 1.54. The Balaban J connectivity index is 1.53. The van der Waals surface area contributed by atoms with Crippen molar-refractivity contribution < 1.29 is 23.1 Å². The number of rotatable bonds is 5. The quantitative estimate of drug-likeness (QED) is 0.381. The number of carbonyl (C=O) groups excluding carboxylic acids is 1. The third-order valence-corrected chi connectivity index (χ3v) is 4.82. The fraction of sp³-hybridized carbons (Fsp3) is 0.333. The van der Waals surface area contributed by atoms with Gasteiger partial charge in [0.25, 0.3) is 0 Å². The number of hydrogen-bond donors (Lipinski definition) is 0. The first-order valence-electron chi connectivity index (χ1n) is 8.94. The van der Waals surface area contributed by atoms with Crippen LogP contribution in [0, 0.1) is 5.92 Å². The van der Waals surface area contributed by atoms with Gasteiger partial charge in [-0.2, -0.15) is 0 Å². The highest BCUT2D eigenvalue weighted by molar-refractivity contribution is 6.01. The number of benzene rings is 1. The molecule has 0 amide bonds. The van der Waals surface area contributed by atoms with E-state index in [9.17, 15) is 9.59 Å². The number of carbonyl (C=O) groups is 1. The minimum atomic E-state index is -0.421. The predicted molar refractivity (Wildman–Crippen MR) is 99.8 cm³/mol. The molecule has 4 rings (SSSR count). The normalized spacial score (nSPS) is 20.4. The van der Waals surface area contributed by atoms with E-state index in [4.69, 9.17) is 18.3 Å². The fourth-order valence-corrected chi connectivity index (χ4v) is 3.42. The Morgan fingerprint density at radius 3 is 2.81 bits per heavy atom. The highest BCUT2D eigenvalue weighted by Crippen LogP contribution is 2.35. The van der Waals surface area contributed by atoms with Crippen molar-refractivity contribution >= 4 is 27.9 Å². The molecule has 6 nitrogen and oxygen atoms in total. The van der Waals surface area contributed by atoms with Crippen molar-refractivity contribution in [3.63, 3.8) is 0 Å². The lowest BCUT2D eigenvalue weighted by Gasteiger charge is -2.11. The van der Waals surface area contributed by atoms with Gasteiger partial charge in [0, 0.05) is 18.6 Å². The molecule has 1 fully saturated rings. The molecule has 0 aliphatic carbocycles. The van der Waals surface area contributed by atoms with Crippen molar-refractivity contribution in [3.8, 4) is 5.75 Å². The van der Waals surface area contributed by atoms with E-state index in [0.29, 0.717) is 35.3 Å². The van der Waals surface area contributed by atoms with Crippen LogP contribution in [0.5, 0.6) is 5.75 Å². The number of hydrogen-bond acceptors (Lipinski definition) is 6. The standard InChI is InChI=1S/C21H20O6/c1-12(9-14-10-13(2)21(23)26-14)5-7-25-20-15-3-4-19(22)27-18(15)11-17-16(20)6-8-24-17/h3-6,8,11,13-14H,7,9-10H2,1-2H3. The summed E-state index contributed by atoms with van der Waals surface area (Å²) >= 11 is 0.